The maximum absolute atomic E-state index is 12.3. The first-order valence-corrected chi connectivity index (χ1v) is 11.4. The Hall–Kier alpha value is -3.74. The predicted molar refractivity (Wildman–Crippen MR) is 125 cm³/mol. The minimum absolute atomic E-state index is 0.116. The number of carbonyl (C=O) groups excluding carboxylic acids is 1. The molecule has 3 heterocycles. The van der Waals surface area contributed by atoms with Crippen molar-refractivity contribution in [3.8, 4) is 11.8 Å². The number of ether oxygens (including phenoxy) is 1. The normalized spacial score (nSPS) is 13.8. The fraction of sp³-hybridized carbons (Fsp3) is 0.208. The number of benzene rings is 1. The quantitative estimate of drug-likeness (QED) is 0.340. The number of nitrogens with zero attached hydrogens (tertiary/aromatic N) is 1. The van der Waals surface area contributed by atoms with Crippen LogP contribution in [-0.2, 0) is 21.6 Å². The predicted octanol–water partition coefficient (Wildman–Crippen LogP) is 5.71. The second-order valence-electron chi connectivity index (χ2n) is 7.91. The molecule has 0 aliphatic heterocycles. The lowest BCUT2D eigenvalue weighted by Gasteiger charge is -2.08. The molecule has 34 heavy (non-hydrogen) atoms. The minimum atomic E-state index is -0.945. The molecule has 8 nitrogen and oxygen atoms in total. The van der Waals surface area contributed by atoms with Crippen molar-refractivity contribution in [3.05, 3.63) is 69.1 Å². The number of carboxylic acids is 1. The molecule has 172 valence electrons. The van der Waals surface area contributed by atoms with Gasteiger partial charge in [-0.3, -0.25) is 10.1 Å². The van der Waals surface area contributed by atoms with Crippen molar-refractivity contribution in [1.29, 1.82) is 0 Å². The molecule has 1 aliphatic rings. The zero-order valence-corrected chi connectivity index (χ0v) is 19.4. The summed E-state index contributed by atoms with van der Waals surface area (Å²) in [4.78, 5) is 23.8. The van der Waals surface area contributed by atoms with Gasteiger partial charge >= 0.3 is 12.1 Å². The monoisotopic (exact) mass is 496 g/mol. The van der Waals surface area contributed by atoms with E-state index < -0.39 is 17.5 Å². The number of aliphatic carboxylic acids is 1. The molecule has 0 radical (unpaired) electrons. The lowest BCUT2D eigenvalue weighted by molar-refractivity contribution is -0.140. The van der Waals surface area contributed by atoms with Gasteiger partial charge in [0.15, 0.2) is 11.5 Å². The van der Waals surface area contributed by atoms with Crippen LogP contribution in [0.25, 0.3) is 11.2 Å². The van der Waals surface area contributed by atoms with Crippen molar-refractivity contribution in [3.63, 3.8) is 0 Å². The van der Waals surface area contributed by atoms with Crippen LogP contribution in [0.3, 0.4) is 0 Å². The average Bonchev–Trinajstić information content (AvgIpc) is 3.25. The zero-order chi connectivity index (χ0) is 23.9. The largest absolute Gasteiger partial charge is 0.480 e. The van der Waals surface area contributed by atoms with Gasteiger partial charge in [0, 0.05) is 6.07 Å². The highest BCUT2D eigenvalue weighted by Crippen LogP contribution is 2.50. The van der Waals surface area contributed by atoms with Crippen molar-refractivity contribution >= 4 is 52.0 Å². The summed E-state index contributed by atoms with van der Waals surface area (Å²) in [7, 11) is 0. The van der Waals surface area contributed by atoms with Gasteiger partial charge in [-0.05, 0) is 60.3 Å². The number of carboxylic acid groups (broad SMARTS) is 1. The van der Waals surface area contributed by atoms with E-state index in [1.54, 1.807) is 12.1 Å². The maximum Gasteiger partial charge on any atom is 0.412 e. The van der Waals surface area contributed by atoms with Gasteiger partial charge in [-0.1, -0.05) is 35.9 Å². The number of nitrogens with one attached hydrogen (secondary N) is 1. The first-order chi connectivity index (χ1) is 16.4. The van der Waals surface area contributed by atoms with Gasteiger partial charge in [-0.2, -0.15) is 4.37 Å². The molecule has 1 aromatic carbocycles. The molecule has 3 aromatic heterocycles. The second-order valence-corrected chi connectivity index (χ2v) is 9.28. The number of amides is 1. The molecular weight excluding hydrogens is 480 g/mol. The van der Waals surface area contributed by atoms with E-state index in [1.807, 2.05) is 31.2 Å². The van der Waals surface area contributed by atoms with E-state index in [4.69, 9.17) is 25.2 Å². The van der Waals surface area contributed by atoms with Crippen molar-refractivity contribution in [1.82, 2.24) is 4.37 Å². The van der Waals surface area contributed by atoms with Gasteiger partial charge in [0.25, 0.3) is 5.78 Å². The summed E-state index contributed by atoms with van der Waals surface area (Å²) in [6.07, 6.45) is 0.404. The number of hydrogen-bond donors (Lipinski definition) is 2. The molecule has 10 heteroatoms. The molecular formula is C24H17ClN2O6S. The molecule has 0 unspecified atom stereocenters. The van der Waals surface area contributed by atoms with E-state index in [1.165, 1.54) is 0 Å². The van der Waals surface area contributed by atoms with E-state index in [0.29, 0.717) is 29.7 Å². The number of furan rings is 2. The zero-order valence-electron chi connectivity index (χ0n) is 17.8. The molecule has 0 saturated heterocycles. The first kappa shape index (κ1) is 22.1. The molecule has 1 fully saturated rings. The van der Waals surface area contributed by atoms with Crippen molar-refractivity contribution < 1.29 is 28.3 Å². The Morgan fingerprint density at radius 2 is 2.06 bits per heavy atom. The van der Waals surface area contributed by atoms with Crippen LogP contribution < -0.4 is 5.32 Å². The molecule has 0 bridgehead atoms. The number of hydrogen-bond acceptors (Lipinski definition) is 7. The Morgan fingerprint density at radius 1 is 1.26 bits per heavy atom. The summed E-state index contributed by atoms with van der Waals surface area (Å²) >= 11 is 7.17. The number of halogens is 1. The van der Waals surface area contributed by atoms with Gasteiger partial charge in [0.05, 0.1) is 5.39 Å². The van der Waals surface area contributed by atoms with Gasteiger partial charge in [0.1, 0.15) is 27.8 Å². The maximum atomic E-state index is 12.3. The van der Waals surface area contributed by atoms with Gasteiger partial charge in [-0.15, -0.1) is 0 Å². The van der Waals surface area contributed by atoms with Crippen LogP contribution in [0.15, 0.2) is 45.2 Å². The Balaban J connectivity index is 1.29. The van der Waals surface area contributed by atoms with E-state index >= 15 is 0 Å². The Bertz CT molecular complexity index is 1450. The highest BCUT2D eigenvalue weighted by molar-refractivity contribution is 7.11. The van der Waals surface area contributed by atoms with E-state index in [-0.39, 0.29) is 28.1 Å². The Labute approximate surface area is 202 Å². The summed E-state index contributed by atoms with van der Waals surface area (Å²) in [5.74, 6) is 5.65. The van der Waals surface area contributed by atoms with Gasteiger partial charge in [-0.25, -0.2) is 4.79 Å². The number of carbonyl (C=O) groups is 2. The fourth-order valence-corrected chi connectivity index (χ4v) is 4.25. The number of aromatic nitrogens is 1. The standard InChI is InChI=1S/C24H17ClN2O6S/c1-13-4-2-3-5-14(13)12-31-23(30)26-19-17(27-34-20(19)25)7-6-16-10-15-11-18(33-21(15)32-16)24(8-9-24)22(28)29/h2-5,10-11H,8-9,12H2,1H3,(H,26,30)(H,28,29). The van der Waals surface area contributed by atoms with Crippen LogP contribution in [0.1, 0.15) is 41.2 Å². The van der Waals surface area contributed by atoms with Crippen LogP contribution >= 0.6 is 23.1 Å². The number of aryl methyl sites for hydroxylation is 1. The third-order valence-electron chi connectivity index (χ3n) is 5.65. The van der Waals surface area contributed by atoms with E-state index in [9.17, 15) is 14.7 Å². The van der Waals surface area contributed by atoms with Crippen molar-refractivity contribution in [2.75, 3.05) is 5.32 Å². The highest BCUT2D eigenvalue weighted by atomic mass is 35.5. The molecule has 5 rings (SSSR count). The number of rotatable bonds is 5. The van der Waals surface area contributed by atoms with Crippen LogP contribution in [0.5, 0.6) is 0 Å². The summed E-state index contributed by atoms with van der Waals surface area (Å²) in [5, 5.41) is 12.6. The summed E-state index contributed by atoms with van der Waals surface area (Å²) in [6.45, 7) is 2.05. The molecule has 0 atom stereocenters. The average molecular weight is 497 g/mol. The van der Waals surface area contributed by atoms with Crippen molar-refractivity contribution in [2.24, 2.45) is 0 Å². The smallest absolute Gasteiger partial charge is 0.412 e. The van der Waals surface area contributed by atoms with E-state index in [2.05, 4.69) is 21.5 Å². The fourth-order valence-electron chi connectivity index (χ4n) is 3.47. The molecule has 0 spiro atoms. The Morgan fingerprint density at radius 3 is 2.76 bits per heavy atom. The van der Waals surface area contributed by atoms with E-state index in [0.717, 1.165) is 22.7 Å². The highest BCUT2D eigenvalue weighted by Gasteiger charge is 2.54. The van der Waals surface area contributed by atoms with Crippen LogP contribution in [0, 0.1) is 18.8 Å². The molecule has 1 amide bonds. The lowest BCUT2D eigenvalue weighted by atomic mass is 10.0. The second kappa shape index (κ2) is 8.56. The Kier molecular flexibility index (Phi) is 5.55. The summed E-state index contributed by atoms with van der Waals surface area (Å²) in [6, 6.07) is 10.9. The summed E-state index contributed by atoms with van der Waals surface area (Å²) in [5.41, 5.74) is 1.49. The van der Waals surface area contributed by atoms with Crippen LogP contribution in [0.2, 0.25) is 4.34 Å². The van der Waals surface area contributed by atoms with Crippen molar-refractivity contribution in [2.45, 2.75) is 31.8 Å². The SMILES string of the molecule is Cc1ccccc1COC(=O)Nc1c(C#Cc2cc3cc(C4(C(=O)O)CC4)oc3o2)nsc1Cl. The summed E-state index contributed by atoms with van der Waals surface area (Å²) < 4.78 is 20.9. The third-order valence-corrected chi connectivity index (χ3v) is 6.68. The first-order valence-electron chi connectivity index (χ1n) is 10.3. The molecule has 4 aromatic rings. The molecule has 2 N–H and O–H groups in total. The molecule has 1 saturated carbocycles. The van der Waals surface area contributed by atoms with Crippen LogP contribution in [-0.4, -0.2) is 21.5 Å². The third kappa shape index (κ3) is 4.14. The lowest BCUT2D eigenvalue weighted by Crippen LogP contribution is -2.18. The minimum Gasteiger partial charge on any atom is -0.480 e. The molecule has 1 aliphatic carbocycles. The van der Waals surface area contributed by atoms with Crippen LogP contribution in [0.4, 0.5) is 10.5 Å². The van der Waals surface area contributed by atoms with Gasteiger partial charge < -0.3 is 18.7 Å². The van der Waals surface area contributed by atoms with Gasteiger partial charge in [0.2, 0.25) is 0 Å². The topological polar surface area (TPSA) is 115 Å². The number of anilines is 1. The number of fused-ring (bicyclic) bond motifs is 1.